The van der Waals surface area contributed by atoms with Gasteiger partial charge in [0.1, 0.15) is 5.15 Å². The van der Waals surface area contributed by atoms with Gasteiger partial charge in [-0.25, -0.2) is 4.98 Å². The minimum Gasteiger partial charge on any atom is -0.338 e. The Bertz CT molecular complexity index is 667. The molecule has 3 rings (SSSR count). The number of aromatic nitrogens is 1. The number of benzene rings is 1. The highest BCUT2D eigenvalue weighted by atomic mass is 35.5. The second kappa shape index (κ2) is 6.02. The molecule has 1 aliphatic rings. The van der Waals surface area contributed by atoms with Gasteiger partial charge in [-0.1, -0.05) is 36.7 Å². The van der Waals surface area contributed by atoms with Crippen molar-refractivity contribution in [1.82, 2.24) is 9.88 Å². The number of rotatable bonds is 5. The van der Waals surface area contributed by atoms with Crippen LogP contribution >= 0.6 is 11.6 Å². The molecule has 0 radical (unpaired) electrons. The van der Waals surface area contributed by atoms with Gasteiger partial charge in [0.15, 0.2) is 0 Å². The lowest BCUT2D eigenvalue weighted by molar-refractivity contribution is 0.0749. The summed E-state index contributed by atoms with van der Waals surface area (Å²) in [5.74, 6) is 0.758. The zero-order valence-corrected chi connectivity index (χ0v) is 12.9. The maximum absolute atomic E-state index is 12.9. The smallest absolute Gasteiger partial charge is 0.254 e. The van der Waals surface area contributed by atoms with E-state index in [4.69, 9.17) is 11.6 Å². The number of hydrogen-bond acceptors (Lipinski definition) is 2. The molecule has 21 heavy (non-hydrogen) atoms. The lowest BCUT2D eigenvalue weighted by atomic mass is 10.1. The van der Waals surface area contributed by atoms with E-state index in [1.165, 1.54) is 12.8 Å². The average molecular weight is 303 g/mol. The fraction of sp³-hybridized carbons (Fsp3) is 0.412. The zero-order valence-electron chi connectivity index (χ0n) is 12.2. The Morgan fingerprint density at radius 1 is 1.38 bits per heavy atom. The quantitative estimate of drug-likeness (QED) is 0.777. The molecule has 0 bridgehead atoms. The van der Waals surface area contributed by atoms with Crippen LogP contribution in [-0.2, 0) is 0 Å². The molecule has 0 N–H and O–H groups in total. The van der Waals surface area contributed by atoms with Crippen LogP contribution in [0.15, 0.2) is 30.3 Å². The summed E-state index contributed by atoms with van der Waals surface area (Å²) in [5.41, 5.74) is 1.44. The Hall–Kier alpha value is -1.61. The van der Waals surface area contributed by atoms with Crippen molar-refractivity contribution in [2.75, 3.05) is 13.1 Å². The molecule has 0 saturated heterocycles. The van der Waals surface area contributed by atoms with Gasteiger partial charge in [-0.15, -0.1) is 0 Å². The summed E-state index contributed by atoms with van der Waals surface area (Å²) >= 11 is 6.09. The molecule has 110 valence electrons. The Morgan fingerprint density at radius 3 is 2.86 bits per heavy atom. The van der Waals surface area contributed by atoms with Gasteiger partial charge in [-0.2, -0.15) is 0 Å². The fourth-order valence-electron chi connectivity index (χ4n) is 2.65. The molecule has 1 saturated carbocycles. The molecule has 3 nitrogen and oxygen atoms in total. The Labute approximate surface area is 129 Å². The van der Waals surface area contributed by atoms with Crippen LogP contribution in [0, 0.1) is 5.92 Å². The van der Waals surface area contributed by atoms with E-state index in [-0.39, 0.29) is 5.91 Å². The monoisotopic (exact) mass is 302 g/mol. The number of amides is 1. The molecule has 1 aromatic heterocycles. The molecular weight excluding hydrogens is 284 g/mol. The van der Waals surface area contributed by atoms with Gasteiger partial charge in [-0.05, 0) is 37.3 Å². The molecule has 1 heterocycles. The van der Waals surface area contributed by atoms with Gasteiger partial charge in [0, 0.05) is 18.5 Å². The Balaban J connectivity index is 1.98. The maximum atomic E-state index is 12.9. The number of hydrogen-bond donors (Lipinski definition) is 0. The summed E-state index contributed by atoms with van der Waals surface area (Å²) in [6.45, 7) is 3.76. The van der Waals surface area contributed by atoms with Crippen molar-refractivity contribution in [2.45, 2.75) is 26.2 Å². The third kappa shape index (κ3) is 3.18. The van der Waals surface area contributed by atoms with Crippen molar-refractivity contribution in [3.05, 3.63) is 41.0 Å². The molecule has 1 aliphatic carbocycles. The second-order valence-corrected chi connectivity index (χ2v) is 6.09. The second-order valence-electron chi connectivity index (χ2n) is 5.70. The first-order chi connectivity index (χ1) is 10.2. The number of nitrogens with zero attached hydrogens (tertiary/aromatic N) is 2. The molecule has 0 atom stereocenters. The van der Waals surface area contributed by atoms with Crippen LogP contribution in [0.5, 0.6) is 0 Å². The van der Waals surface area contributed by atoms with E-state index in [1.54, 1.807) is 6.07 Å². The van der Waals surface area contributed by atoms with Crippen LogP contribution in [0.4, 0.5) is 0 Å². The zero-order chi connectivity index (χ0) is 14.8. The average Bonchev–Trinajstić information content (AvgIpc) is 3.29. The first-order valence-corrected chi connectivity index (χ1v) is 7.91. The van der Waals surface area contributed by atoms with E-state index in [0.717, 1.165) is 30.4 Å². The van der Waals surface area contributed by atoms with E-state index < -0.39 is 0 Å². The van der Waals surface area contributed by atoms with Gasteiger partial charge in [0.2, 0.25) is 0 Å². The highest BCUT2D eigenvalue weighted by Gasteiger charge is 2.27. The van der Waals surface area contributed by atoms with E-state index in [0.29, 0.717) is 16.6 Å². The molecule has 0 spiro atoms. The molecule has 0 unspecified atom stereocenters. The lowest BCUT2D eigenvalue weighted by Crippen LogP contribution is -2.33. The van der Waals surface area contributed by atoms with Crippen molar-refractivity contribution >= 4 is 28.4 Å². The van der Waals surface area contributed by atoms with Gasteiger partial charge in [0.05, 0.1) is 11.1 Å². The van der Waals surface area contributed by atoms with Crippen molar-refractivity contribution in [1.29, 1.82) is 0 Å². The van der Waals surface area contributed by atoms with Crippen molar-refractivity contribution in [2.24, 2.45) is 5.92 Å². The third-order valence-electron chi connectivity index (χ3n) is 3.87. The molecular formula is C17H19ClN2O. The summed E-state index contributed by atoms with van der Waals surface area (Å²) in [7, 11) is 0. The number of para-hydroxylation sites is 1. The SMILES string of the molecule is CCCN(CC1CC1)C(=O)c1cc(Cl)nc2ccccc12. The summed E-state index contributed by atoms with van der Waals surface area (Å²) in [6.07, 6.45) is 3.45. The Morgan fingerprint density at radius 2 is 2.14 bits per heavy atom. The molecule has 0 aliphatic heterocycles. The number of carbonyl (C=O) groups excluding carboxylic acids is 1. The predicted molar refractivity (Wildman–Crippen MR) is 85.7 cm³/mol. The minimum absolute atomic E-state index is 0.0734. The van der Waals surface area contributed by atoms with E-state index in [9.17, 15) is 4.79 Å². The van der Waals surface area contributed by atoms with Crippen LogP contribution in [0.3, 0.4) is 0 Å². The summed E-state index contributed by atoms with van der Waals surface area (Å²) < 4.78 is 0. The number of carbonyl (C=O) groups is 1. The summed E-state index contributed by atoms with van der Waals surface area (Å²) in [5, 5.41) is 1.25. The van der Waals surface area contributed by atoms with Gasteiger partial charge in [-0.3, -0.25) is 4.79 Å². The van der Waals surface area contributed by atoms with E-state index in [2.05, 4.69) is 11.9 Å². The van der Waals surface area contributed by atoms with Crippen molar-refractivity contribution in [3.8, 4) is 0 Å². The van der Waals surface area contributed by atoms with Crippen LogP contribution < -0.4 is 0 Å². The largest absolute Gasteiger partial charge is 0.338 e. The maximum Gasteiger partial charge on any atom is 0.254 e. The van der Waals surface area contributed by atoms with Crippen LogP contribution in [0.1, 0.15) is 36.5 Å². The number of halogens is 1. The third-order valence-corrected chi connectivity index (χ3v) is 4.07. The first-order valence-electron chi connectivity index (χ1n) is 7.53. The molecule has 1 amide bonds. The van der Waals surface area contributed by atoms with Gasteiger partial charge in [0.25, 0.3) is 5.91 Å². The summed E-state index contributed by atoms with van der Waals surface area (Å²) in [6, 6.07) is 9.37. The standard InChI is InChI=1S/C17H19ClN2O/c1-2-9-20(11-12-7-8-12)17(21)14-10-16(18)19-15-6-4-3-5-13(14)15/h3-6,10,12H,2,7-9,11H2,1H3. The van der Waals surface area contributed by atoms with E-state index >= 15 is 0 Å². The number of pyridine rings is 1. The van der Waals surface area contributed by atoms with Gasteiger partial charge >= 0.3 is 0 Å². The molecule has 1 fully saturated rings. The highest BCUT2D eigenvalue weighted by molar-refractivity contribution is 6.30. The molecule has 1 aromatic carbocycles. The minimum atomic E-state index is 0.0734. The van der Waals surface area contributed by atoms with Gasteiger partial charge < -0.3 is 4.90 Å². The normalized spacial score (nSPS) is 14.4. The van der Waals surface area contributed by atoms with Crippen molar-refractivity contribution in [3.63, 3.8) is 0 Å². The highest BCUT2D eigenvalue weighted by Crippen LogP contribution is 2.31. The Kier molecular flexibility index (Phi) is 4.11. The first kappa shape index (κ1) is 14.3. The van der Waals surface area contributed by atoms with Crippen LogP contribution in [0.2, 0.25) is 5.15 Å². The fourth-order valence-corrected chi connectivity index (χ4v) is 2.85. The summed E-state index contributed by atoms with van der Waals surface area (Å²) in [4.78, 5) is 19.2. The molecule has 2 aromatic rings. The predicted octanol–water partition coefficient (Wildman–Crippen LogP) is 4.15. The lowest BCUT2D eigenvalue weighted by Gasteiger charge is -2.23. The van der Waals surface area contributed by atoms with Crippen molar-refractivity contribution < 1.29 is 4.79 Å². The van der Waals surface area contributed by atoms with E-state index in [1.807, 2.05) is 29.2 Å². The van der Waals surface area contributed by atoms with Crippen LogP contribution in [-0.4, -0.2) is 28.9 Å². The number of fused-ring (bicyclic) bond motifs is 1. The topological polar surface area (TPSA) is 33.2 Å². The molecule has 4 heteroatoms. The van der Waals surface area contributed by atoms with Crippen LogP contribution in [0.25, 0.3) is 10.9 Å².